The SMILES string of the molecule is COc1ccccc1NS(=O)(=O)c1ccc2oc(SCC(=O)NC(C)C3CC4CCC3C4)nc2c1. The Morgan fingerprint density at radius 1 is 1.23 bits per heavy atom. The van der Waals surface area contributed by atoms with E-state index in [4.69, 9.17) is 9.15 Å². The van der Waals surface area contributed by atoms with Crippen LogP contribution in [0.3, 0.4) is 0 Å². The van der Waals surface area contributed by atoms with Crippen molar-refractivity contribution in [2.75, 3.05) is 17.6 Å². The highest BCUT2D eigenvalue weighted by Gasteiger charge is 2.42. The number of carbonyl (C=O) groups is 1. The average molecular weight is 516 g/mol. The van der Waals surface area contributed by atoms with Gasteiger partial charge in [0.25, 0.3) is 15.2 Å². The first-order chi connectivity index (χ1) is 16.8. The predicted molar refractivity (Wildman–Crippen MR) is 135 cm³/mol. The van der Waals surface area contributed by atoms with Gasteiger partial charge in [0, 0.05) is 6.04 Å². The minimum absolute atomic E-state index is 0.0446. The number of para-hydroxylation sites is 2. The van der Waals surface area contributed by atoms with Crippen LogP contribution in [0.5, 0.6) is 5.75 Å². The third-order valence-electron chi connectivity index (χ3n) is 7.15. The molecule has 1 amide bonds. The number of nitrogens with zero attached hydrogens (tertiary/aromatic N) is 1. The van der Waals surface area contributed by atoms with E-state index in [0.717, 1.165) is 11.8 Å². The molecule has 4 unspecified atom stereocenters. The first-order valence-electron chi connectivity index (χ1n) is 11.8. The van der Waals surface area contributed by atoms with Gasteiger partial charge in [0.2, 0.25) is 5.91 Å². The van der Waals surface area contributed by atoms with E-state index in [1.54, 1.807) is 30.3 Å². The number of ether oxygens (including phenoxy) is 1. The summed E-state index contributed by atoms with van der Waals surface area (Å²) in [5, 5.41) is 3.47. The number of hydrogen-bond donors (Lipinski definition) is 2. The van der Waals surface area contributed by atoms with E-state index in [-0.39, 0.29) is 22.6 Å². The van der Waals surface area contributed by atoms with Crippen molar-refractivity contribution in [3.63, 3.8) is 0 Å². The molecule has 1 heterocycles. The molecule has 2 aliphatic rings. The lowest BCUT2D eigenvalue weighted by Crippen LogP contribution is -2.40. The third kappa shape index (κ3) is 5.13. The molecule has 8 nitrogen and oxygen atoms in total. The molecule has 4 atom stereocenters. The zero-order valence-corrected chi connectivity index (χ0v) is 21.3. The van der Waals surface area contributed by atoms with Crippen molar-refractivity contribution in [1.82, 2.24) is 10.3 Å². The Labute approximate surface area is 209 Å². The maximum atomic E-state index is 12.9. The normalized spacial score (nSPS) is 22.3. The van der Waals surface area contributed by atoms with Crippen molar-refractivity contribution in [3.8, 4) is 5.75 Å². The molecule has 2 saturated carbocycles. The van der Waals surface area contributed by atoms with Crippen LogP contribution in [-0.4, -0.2) is 38.2 Å². The molecular weight excluding hydrogens is 486 g/mol. The molecule has 2 fully saturated rings. The molecule has 35 heavy (non-hydrogen) atoms. The highest BCUT2D eigenvalue weighted by atomic mass is 32.2. The van der Waals surface area contributed by atoms with E-state index < -0.39 is 10.0 Å². The van der Waals surface area contributed by atoms with Gasteiger partial charge in [-0.25, -0.2) is 13.4 Å². The number of anilines is 1. The molecule has 1 aromatic heterocycles. The summed E-state index contributed by atoms with van der Waals surface area (Å²) in [6, 6.07) is 11.4. The van der Waals surface area contributed by atoms with Crippen molar-refractivity contribution in [2.45, 2.75) is 48.8 Å². The number of rotatable bonds is 9. The van der Waals surface area contributed by atoms with Gasteiger partial charge in [-0.15, -0.1) is 0 Å². The van der Waals surface area contributed by atoms with Gasteiger partial charge in [-0.05, 0) is 74.3 Å². The number of thioether (sulfide) groups is 1. The lowest BCUT2D eigenvalue weighted by Gasteiger charge is -2.28. The minimum Gasteiger partial charge on any atom is -0.495 e. The lowest BCUT2D eigenvalue weighted by molar-refractivity contribution is -0.119. The summed E-state index contributed by atoms with van der Waals surface area (Å²) in [6.07, 6.45) is 5.17. The van der Waals surface area contributed by atoms with Crippen molar-refractivity contribution in [3.05, 3.63) is 42.5 Å². The first kappa shape index (κ1) is 24.0. The van der Waals surface area contributed by atoms with Gasteiger partial charge in [-0.2, -0.15) is 0 Å². The monoisotopic (exact) mass is 515 g/mol. The molecule has 10 heteroatoms. The molecule has 0 saturated heterocycles. The number of oxazole rings is 1. The predicted octanol–water partition coefficient (Wildman–Crippen LogP) is 4.67. The molecular formula is C25H29N3O5S2. The minimum atomic E-state index is -3.86. The Balaban J connectivity index is 1.22. The first-order valence-corrected chi connectivity index (χ1v) is 14.3. The number of carbonyl (C=O) groups excluding carboxylic acids is 1. The summed E-state index contributed by atoms with van der Waals surface area (Å²) in [6.45, 7) is 2.11. The number of aromatic nitrogens is 1. The second kappa shape index (κ2) is 9.73. The zero-order chi connectivity index (χ0) is 24.6. The molecule has 0 radical (unpaired) electrons. The van der Waals surface area contributed by atoms with E-state index in [9.17, 15) is 13.2 Å². The Morgan fingerprint density at radius 2 is 2.06 bits per heavy atom. The van der Waals surface area contributed by atoms with Gasteiger partial charge in [0.15, 0.2) is 5.58 Å². The third-order valence-corrected chi connectivity index (χ3v) is 9.34. The number of hydrogen-bond acceptors (Lipinski definition) is 7. The number of methoxy groups -OCH3 is 1. The van der Waals surface area contributed by atoms with E-state index in [2.05, 4.69) is 21.9 Å². The smallest absolute Gasteiger partial charge is 0.262 e. The molecule has 0 aliphatic heterocycles. The van der Waals surface area contributed by atoms with E-state index >= 15 is 0 Å². The summed E-state index contributed by atoms with van der Waals surface area (Å²) < 4.78 is 39.3. The van der Waals surface area contributed by atoms with E-state index in [1.807, 2.05) is 0 Å². The quantitative estimate of drug-likeness (QED) is 0.399. The fourth-order valence-corrected chi connectivity index (χ4v) is 7.22. The van der Waals surface area contributed by atoms with Crippen molar-refractivity contribution in [1.29, 1.82) is 0 Å². The number of nitrogens with one attached hydrogen (secondary N) is 2. The molecule has 2 N–H and O–H groups in total. The Hall–Kier alpha value is -2.72. The van der Waals surface area contributed by atoms with Crippen LogP contribution in [-0.2, 0) is 14.8 Å². The number of fused-ring (bicyclic) bond motifs is 3. The Morgan fingerprint density at radius 3 is 2.80 bits per heavy atom. The second-order valence-electron chi connectivity index (χ2n) is 9.40. The van der Waals surface area contributed by atoms with Gasteiger partial charge in [0.1, 0.15) is 11.3 Å². The number of benzene rings is 2. The van der Waals surface area contributed by atoms with Gasteiger partial charge in [-0.3, -0.25) is 9.52 Å². The van der Waals surface area contributed by atoms with Crippen LogP contribution >= 0.6 is 11.8 Å². The van der Waals surface area contributed by atoms with Crippen molar-refractivity contribution in [2.24, 2.45) is 17.8 Å². The molecule has 3 aromatic rings. The average Bonchev–Trinajstić information content (AvgIpc) is 3.58. The Bertz CT molecular complexity index is 1340. The van der Waals surface area contributed by atoms with Gasteiger partial charge < -0.3 is 14.5 Å². The van der Waals surface area contributed by atoms with Gasteiger partial charge >= 0.3 is 0 Å². The van der Waals surface area contributed by atoms with Crippen LogP contribution in [0, 0.1) is 17.8 Å². The molecule has 0 spiro atoms. The standard InChI is InChI=1S/C25H29N3O5S2/c1-15(19-12-16-7-8-17(19)11-16)26-24(29)14-34-25-27-21-13-18(9-10-23(21)33-25)35(30,31)28-20-5-3-4-6-22(20)32-2/h3-6,9-10,13,15-17,19,28H,7-8,11-12,14H2,1-2H3,(H,26,29). The summed E-state index contributed by atoms with van der Waals surface area (Å²) >= 11 is 1.20. The molecule has 2 aromatic carbocycles. The maximum Gasteiger partial charge on any atom is 0.262 e. The van der Waals surface area contributed by atoms with Crippen LogP contribution in [0.25, 0.3) is 11.1 Å². The number of sulfonamides is 1. The lowest BCUT2D eigenvalue weighted by atomic mass is 9.84. The van der Waals surface area contributed by atoms with Crippen LogP contribution in [0.15, 0.2) is 57.0 Å². The van der Waals surface area contributed by atoms with Crippen LogP contribution in [0.1, 0.15) is 32.6 Å². The van der Waals surface area contributed by atoms with E-state index in [1.165, 1.54) is 56.7 Å². The van der Waals surface area contributed by atoms with Crippen LogP contribution in [0.4, 0.5) is 5.69 Å². The molecule has 5 rings (SSSR count). The Kier molecular flexibility index (Phi) is 6.67. The molecule has 186 valence electrons. The maximum absolute atomic E-state index is 12.9. The largest absolute Gasteiger partial charge is 0.495 e. The van der Waals surface area contributed by atoms with Crippen molar-refractivity contribution < 1.29 is 22.4 Å². The summed E-state index contributed by atoms with van der Waals surface area (Å²) in [4.78, 5) is 17.0. The highest BCUT2D eigenvalue weighted by molar-refractivity contribution is 7.99. The summed E-state index contributed by atoms with van der Waals surface area (Å²) in [7, 11) is -2.38. The molecule has 2 aliphatic carbocycles. The van der Waals surface area contributed by atoms with Crippen LogP contribution < -0.4 is 14.8 Å². The van der Waals surface area contributed by atoms with Gasteiger partial charge in [-0.1, -0.05) is 30.3 Å². The van der Waals surface area contributed by atoms with E-state index in [0.29, 0.717) is 33.7 Å². The van der Waals surface area contributed by atoms with Crippen LogP contribution in [0.2, 0.25) is 0 Å². The number of amides is 1. The fraction of sp³-hybridized carbons (Fsp3) is 0.440. The second-order valence-corrected chi connectivity index (χ2v) is 12.0. The highest BCUT2D eigenvalue weighted by Crippen LogP contribution is 2.49. The molecule has 2 bridgehead atoms. The summed E-state index contributed by atoms with van der Waals surface area (Å²) in [5.41, 5.74) is 1.21. The topological polar surface area (TPSA) is 111 Å². The summed E-state index contributed by atoms with van der Waals surface area (Å²) in [5.74, 6) is 2.75. The zero-order valence-electron chi connectivity index (χ0n) is 19.7. The van der Waals surface area contributed by atoms with Crippen molar-refractivity contribution >= 4 is 44.5 Å². The fourth-order valence-electron chi connectivity index (χ4n) is 5.48. The van der Waals surface area contributed by atoms with Gasteiger partial charge in [0.05, 0.1) is 23.4 Å².